The van der Waals surface area contributed by atoms with E-state index >= 15 is 0 Å². The summed E-state index contributed by atoms with van der Waals surface area (Å²) in [4.78, 5) is 17.0. The number of hydrogen-bond donors (Lipinski definition) is 2. The summed E-state index contributed by atoms with van der Waals surface area (Å²) >= 11 is 0. The van der Waals surface area contributed by atoms with Crippen molar-refractivity contribution in [1.82, 2.24) is 15.2 Å². The number of amides is 1. The van der Waals surface area contributed by atoms with Gasteiger partial charge in [0.05, 0.1) is 23.9 Å². The molecule has 1 fully saturated rings. The number of carbonyl (C=O) groups is 1. The van der Waals surface area contributed by atoms with Crippen LogP contribution in [0.15, 0.2) is 18.5 Å². The first-order chi connectivity index (χ1) is 8.11. The maximum Gasteiger partial charge on any atom is 0.257 e. The van der Waals surface area contributed by atoms with E-state index in [0.717, 1.165) is 6.20 Å². The molecule has 0 spiro atoms. The zero-order valence-corrected chi connectivity index (χ0v) is 9.43. The Morgan fingerprint density at radius 2 is 2.41 bits per heavy atom. The Labute approximate surface area is 98.3 Å². The van der Waals surface area contributed by atoms with Gasteiger partial charge in [0.2, 0.25) is 0 Å². The Bertz CT molecular complexity index is 427. The minimum Gasteiger partial charge on any atom is -0.390 e. The van der Waals surface area contributed by atoms with E-state index in [2.05, 4.69) is 10.3 Å². The van der Waals surface area contributed by atoms with Crippen LogP contribution in [0.1, 0.15) is 10.4 Å². The van der Waals surface area contributed by atoms with Crippen LogP contribution in [0.4, 0.5) is 4.39 Å². The molecule has 0 radical (unpaired) electrons. The number of likely N-dealkylation sites (N-methyl/N-ethyl adjacent to an activating group) is 1. The number of pyridine rings is 1. The molecule has 0 unspecified atom stereocenters. The number of β-amino-alcohol motifs (C(OH)–C–C–N with tert-alkyl or cyclic N) is 1. The Kier molecular flexibility index (Phi) is 3.35. The van der Waals surface area contributed by atoms with E-state index < -0.39 is 17.8 Å². The maximum absolute atomic E-state index is 13.4. The van der Waals surface area contributed by atoms with Crippen molar-refractivity contribution in [3.63, 3.8) is 0 Å². The minimum absolute atomic E-state index is 0.0263. The zero-order valence-electron chi connectivity index (χ0n) is 9.43. The third kappa shape index (κ3) is 2.27. The van der Waals surface area contributed by atoms with Gasteiger partial charge < -0.3 is 15.3 Å². The highest BCUT2D eigenvalue weighted by Crippen LogP contribution is 2.13. The number of halogens is 1. The molecule has 1 aliphatic heterocycles. The number of nitrogens with zero attached hydrogens (tertiary/aromatic N) is 2. The highest BCUT2D eigenvalue weighted by Gasteiger charge is 2.32. The molecule has 1 aromatic rings. The third-order valence-electron chi connectivity index (χ3n) is 2.97. The fraction of sp³-hybridized carbons (Fsp3) is 0.455. The number of carbonyl (C=O) groups excluding carboxylic acids is 1. The van der Waals surface area contributed by atoms with Crippen molar-refractivity contribution in [2.24, 2.45) is 0 Å². The van der Waals surface area contributed by atoms with Crippen LogP contribution in [0.3, 0.4) is 0 Å². The van der Waals surface area contributed by atoms with Crippen LogP contribution in [0.5, 0.6) is 0 Å². The average molecular weight is 239 g/mol. The van der Waals surface area contributed by atoms with Gasteiger partial charge in [-0.15, -0.1) is 0 Å². The molecule has 92 valence electrons. The van der Waals surface area contributed by atoms with Crippen molar-refractivity contribution in [3.05, 3.63) is 29.8 Å². The first-order valence-corrected chi connectivity index (χ1v) is 5.36. The summed E-state index contributed by atoms with van der Waals surface area (Å²) in [6.45, 7) is 0.956. The molecule has 0 bridgehead atoms. The quantitative estimate of drug-likeness (QED) is 0.738. The number of aromatic nitrogens is 1. The summed E-state index contributed by atoms with van der Waals surface area (Å²) in [7, 11) is 1.56. The molecule has 5 nitrogen and oxygen atoms in total. The van der Waals surface area contributed by atoms with E-state index in [0.29, 0.717) is 13.1 Å². The van der Waals surface area contributed by atoms with Crippen LogP contribution in [-0.2, 0) is 0 Å². The molecule has 1 aliphatic rings. The smallest absolute Gasteiger partial charge is 0.257 e. The van der Waals surface area contributed by atoms with E-state index in [-0.39, 0.29) is 11.6 Å². The molecule has 17 heavy (non-hydrogen) atoms. The summed E-state index contributed by atoms with van der Waals surface area (Å²) in [5.74, 6) is -1.09. The predicted molar refractivity (Wildman–Crippen MR) is 59.0 cm³/mol. The molecule has 1 aromatic heterocycles. The Balaban J connectivity index is 2.17. The van der Waals surface area contributed by atoms with Gasteiger partial charge in [0, 0.05) is 26.3 Å². The lowest BCUT2D eigenvalue weighted by atomic mass is 10.1. The Morgan fingerprint density at radius 1 is 1.65 bits per heavy atom. The summed E-state index contributed by atoms with van der Waals surface area (Å²) in [5, 5.41) is 12.6. The molecule has 2 atom stereocenters. The molecule has 1 saturated heterocycles. The van der Waals surface area contributed by atoms with E-state index in [9.17, 15) is 14.3 Å². The topological polar surface area (TPSA) is 65.5 Å². The second-order valence-corrected chi connectivity index (χ2v) is 4.06. The fourth-order valence-corrected chi connectivity index (χ4v) is 1.94. The first kappa shape index (κ1) is 11.9. The molecule has 0 aliphatic carbocycles. The van der Waals surface area contributed by atoms with Gasteiger partial charge in [-0.25, -0.2) is 4.39 Å². The summed E-state index contributed by atoms with van der Waals surface area (Å²) in [6, 6.07) is 1.01. The normalized spacial score (nSPS) is 23.7. The van der Waals surface area contributed by atoms with Crippen molar-refractivity contribution < 1.29 is 14.3 Å². The SMILES string of the molecule is CN(C(=O)c1ccncc1F)[C@H]1CNC[C@@H]1O. The predicted octanol–water partition coefficient (Wildman–Crippen LogP) is -0.375. The largest absolute Gasteiger partial charge is 0.390 e. The number of rotatable bonds is 2. The lowest BCUT2D eigenvalue weighted by molar-refractivity contribution is 0.0576. The van der Waals surface area contributed by atoms with Crippen molar-refractivity contribution >= 4 is 5.91 Å². The standard InChI is InChI=1S/C11H14FN3O2/c1-15(9-5-14-6-10(9)16)11(17)7-2-3-13-4-8(7)12/h2-4,9-10,14,16H,5-6H2,1H3/t9-,10-/m0/s1. The van der Waals surface area contributed by atoms with Crippen molar-refractivity contribution in [2.45, 2.75) is 12.1 Å². The fourth-order valence-electron chi connectivity index (χ4n) is 1.94. The first-order valence-electron chi connectivity index (χ1n) is 5.36. The van der Waals surface area contributed by atoms with E-state index in [4.69, 9.17) is 0 Å². The van der Waals surface area contributed by atoms with Crippen LogP contribution in [0, 0.1) is 5.82 Å². The molecule has 0 aromatic carbocycles. The summed E-state index contributed by atoms with van der Waals surface area (Å²) in [5.41, 5.74) is -0.0263. The Hall–Kier alpha value is -1.53. The third-order valence-corrected chi connectivity index (χ3v) is 2.97. The van der Waals surface area contributed by atoms with Gasteiger partial charge in [-0.3, -0.25) is 9.78 Å². The second-order valence-electron chi connectivity index (χ2n) is 4.06. The number of hydrogen-bond acceptors (Lipinski definition) is 4. The van der Waals surface area contributed by atoms with Crippen LogP contribution in [-0.4, -0.2) is 53.2 Å². The van der Waals surface area contributed by atoms with Gasteiger partial charge in [-0.05, 0) is 6.07 Å². The summed E-state index contributed by atoms with van der Waals surface area (Å²) < 4.78 is 13.4. The van der Waals surface area contributed by atoms with Gasteiger partial charge in [0.15, 0.2) is 5.82 Å². The van der Waals surface area contributed by atoms with Crippen molar-refractivity contribution in [3.8, 4) is 0 Å². The lowest BCUT2D eigenvalue weighted by Crippen LogP contribution is -2.44. The van der Waals surface area contributed by atoms with Crippen molar-refractivity contribution in [2.75, 3.05) is 20.1 Å². The molecule has 0 saturated carbocycles. The zero-order chi connectivity index (χ0) is 12.4. The molecular formula is C11H14FN3O2. The number of aliphatic hydroxyl groups is 1. The molecular weight excluding hydrogens is 225 g/mol. The molecule has 6 heteroatoms. The molecule has 1 amide bonds. The van der Waals surface area contributed by atoms with Gasteiger partial charge in [0.1, 0.15) is 0 Å². The lowest BCUT2D eigenvalue weighted by Gasteiger charge is -2.26. The van der Waals surface area contributed by atoms with Crippen molar-refractivity contribution in [1.29, 1.82) is 0 Å². The second kappa shape index (κ2) is 4.77. The van der Waals surface area contributed by atoms with E-state index in [1.807, 2.05) is 0 Å². The number of aliphatic hydroxyl groups excluding tert-OH is 1. The Morgan fingerprint density at radius 3 is 3.00 bits per heavy atom. The minimum atomic E-state index is -0.648. The monoisotopic (exact) mass is 239 g/mol. The molecule has 2 N–H and O–H groups in total. The highest BCUT2D eigenvalue weighted by atomic mass is 19.1. The van der Waals surface area contributed by atoms with Gasteiger partial charge in [-0.2, -0.15) is 0 Å². The summed E-state index contributed by atoms with van der Waals surface area (Å²) in [6.07, 6.45) is 1.76. The maximum atomic E-state index is 13.4. The van der Waals surface area contributed by atoms with Crippen LogP contribution in [0.2, 0.25) is 0 Å². The van der Waals surface area contributed by atoms with Crippen LogP contribution < -0.4 is 5.32 Å². The van der Waals surface area contributed by atoms with Crippen LogP contribution >= 0.6 is 0 Å². The van der Waals surface area contributed by atoms with Gasteiger partial charge in [-0.1, -0.05) is 0 Å². The van der Waals surface area contributed by atoms with E-state index in [1.54, 1.807) is 7.05 Å². The average Bonchev–Trinajstić information content (AvgIpc) is 2.74. The number of nitrogens with one attached hydrogen (secondary N) is 1. The molecule has 2 heterocycles. The van der Waals surface area contributed by atoms with Gasteiger partial charge >= 0.3 is 0 Å². The van der Waals surface area contributed by atoms with E-state index in [1.165, 1.54) is 17.2 Å². The van der Waals surface area contributed by atoms with Crippen LogP contribution in [0.25, 0.3) is 0 Å². The highest BCUT2D eigenvalue weighted by molar-refractivity contribution is 5.94. The molecule has 2 rings (SSSR count). The van der Waals surface area contributed by atoms with Gasteiger partial charge in [0.25, 0.3) is 5.91 Å².